The number of hydrogen-bond acceptors (Lipinski definition) is 2. The molecule has 0 amide bonds. The molecule has 30 heavy (non-hydrogen) atoms. The molecular formula is C23H42Cl2O2Si2Zr. The van der Waals surface area contributed by atoms with Gasteiger partial charge in [-0.05, 0) is 52.1 Å². The predicted octanol–water partition coefficient (Wildman–Crippen LogP) is 7.42. The van der Waals surface area contributed by atoms with Crippen LogP contribution in [0.4, 0.5) is 0 Å². The van der Waals surface area contributed by atoms with Gasteiger partial charge in [-0.15, -0.1) is 37.7 Å². The molecule has 0 spiro atoms. The topological polar surface area (TPSA) is 18.5 Å². The number of hydrogen-bond donors (Lipinski definition) is 0. The molecule has 2 rings (SSSR count). The minimum atomic E-state index is -1.29. The van der Waals surface area contributed by atoms with Crippen LogP contribution in [0, 0.1) is 12.2 Å². The Morgan fingerprint density at radius 2 is 1.10 bits per heavy atom. The maximum Gasteiger partial charge on any atom is 0.183 e. The van der Waals surface area contributed by atoms with Gasteiger partial charge in [0.15, 0.2) is 16.6 Å². The first kappa shape index (κ1) is 35.2. The summed E-state index contributed by atoms with van der Waals surface area (Å²) in [6.45, 7) is 19.3. The van der Waals surface area contributed by atoms with Crippen molar-refractivity contribution in [3.63, 3.8) is 0 Å². The van der Waals surface area contributed by atoms with Crippen LogP contribution in [0.25, 0.3) is 0 Å². The molecule has 0 N–H and O–H groups in total. The molecule has 0 unspecified atom stereocenters. The van der Waals surface area contributed by atoms with Crippen LogP contribution < -0.4 is 0 Å². The van der Waals surface area contributed by atoms with Crippen LogP contribution in [0.1, 0.15) is 39.5 Å². The second kappa shape index (κ2) is 19.1. The fraction of sp³-hybridized carbons (Fsp3) is 0.609. The zero-order chi connectivity index (χ0) is 21.6. The predicted molar refractivity (Wildman–Crippen MR) is 140 cm³/mol. The molecule has 172 valence electrons. The van der Waals surface area contributed by atoms with Crippen molar-refractivity contribution in [2.75, 3.05) is 13.2 Å². The standard InChI is InChI=1S/2C10H17OSi.C3H6.2ClH.Zr/c2*1-12(2,3)11-9-8-10-6-4-5-7-10;1-3-2;;;/h2*4,6H,5,8-9H2,1-3H3;1-2H3;2*1H;/q2*-1;;;;+2. The third kappa shape index (κ3) is 26.7. The fourth-order valence-corrected chi connectivity index (χ4v) is 3.61. The zero-order valence-electron chi connectivity index (χ0n) is 20.2. The molecule has 0 saturated heterocycles. The van der Waals surface area contributed by atoms with E-state index in [4.69, 9.17) is 8.85 Å². The van der Waals surface area contributed by atoms with E-state index in [0.29, 0.717) is 0 Å². The molecule has 0 fully saturated rings. The maximum absolute atomic E-state index is 5.74. The van der Waals surface area contributed by atoms with Gasteiger partial charge in [-0.2, -0.15) is 12.2 Å². The van der Waals surface area contributed by atoms with E-state index < -0.39 is 16.6 Å². The summed E-state index contributed by atoms with van der Waals surface area (Å²) >= 11 is 1.55. The molecule has 0 aromatic rings. The van der Waals surface area contributed by atoms with Gasteiger partial charge in [-0.25, -0.2) is 23.3 Å². The van der Waals surface area contributed by atoms with E-state index >= 15 is 0 Å². The van der Waals surface area contributed by atoms with Crippen molar-refractivity contribution in [2.45, 2.75) is 78.8 Å². The van der Waals surface area contributed by atoms with Crippen molar-refractivity contribution in [1.82, 2.24) is 0 Å². The molecule has 0 aromatic heterocycles. The van der Waals surface area contributed by atoms with E-state index in [2.05, 4.69) is 89.6 Å². The van der Waals surface area contributed by atoms with Crippen molar-refractivity contribution < 1.29 is 33.1 Å². The van der Waals surface area contributed by atoms with E-state index in [1.807, 2.05) is 0 Å². The molecule has 0 radical (unpaired) electrons. The van der Waals surface area contributed by atoms with Crippen LogP contribution in [-0.2, 0) is 33.1 Å². The van der Waals surface area contributed by atoms with Crippen LogP contribution in [0.2, 0.25) is 39.3 Å². The van der Waals surface area contributed by atoms with E-state index in [-0.39, 0.29) is 24.8 Å². The molecule has 7 heteroatoms. The van der Waals surface area contributed by atoms with Gasteiger partial charge in [0.05, 0.1) is 0 Å². The number of halogens is 2. The Morgan fingerprint density at radius 3 is 1.30 bits per heavy atom. The first-order valence-corrected chi connectivity index (χ1v) is 18.3. The summed E-state index contributed by atoms with van der Waals surface area (Å²) in [4.78, 5) is 0. The Hall–Kier alpha value is 0.647. The van der Waals surface area contributed by atoms with Gasteiger partial charge >= 0.3 is 41.3 Å². The number of allylic oxidation sites excluding steroid dienone is 6. The Morgan fingerprint density at radius 1 is 0.800 bits per heavy atom. The SMILES string of the molecule is C[C](C)=[Zr+2].C[Si](C)(C)OCCC1=[C-]CC=C1.C[Si](C)(C)OCCC1=[C-]CC=C1.Cl.Cl. The van der Waals surface area contributed by atoms with Gasteiger partial charge in [-0.1, -0.05) is 0 Å². The van der Waals surface area contributed by atoms with Crippen LogP contribution in [0.5, 0.6) is 0 Å². The first-order valence-electron chi connectivity index (χ1n) is 10.2. The summed E-state index contributed by atoms with van der Waals surface area (Å²) in [5.74, 6) is 0. The Labute approximate surface area is 216 Å². The molecule has 2 aliphatic carbocycles. The smallest absolute Gasteiger partial charge is 0.183 e. The molecule has 2 aliphatic rings. The molecule has 0 aliphatic heterocycles. The van der Waals surface area contributed by atoms with Gasteiger partial charge in [0.25, 0.3) is 0 Å². The molecule has 0 bridgehead atoms. The summed E-state index contributed by atoms with van der Waals surface area (Å²) in [7, 11) is -2.59. The van der Waals surface area contributed by atoms with Crippen molar-refractivity contribution in [3.8, 4) is 0 Å². The van der Waals surface area contributed by atoms with Crippen molar-refractivity contribution in [2.24, 2.45) is 0 Å². The Balaban J connectivity index is -0.000000391. The minimum Gasteiger partial charge on any atom is -0.417 e. The van der Waals surface area contributed by atoms with E-state index in [1.165, 1.54) is 14.4 Å². The molecule has 0 aromatic carbocycles. The second-order valence-electron chi connectivity index (χ2n) is 9.04. The monoisotopic (exact) mass is 566 g/mol. The summed E-state index contributed by atoms with van der Waals surface area (Å²) < 4.78 is 13.0. The summed E-state index contributed by atoms with van der Waals surface area (Å²) in [6.07, 6.45) is 19.2. The third-order valence-electron chi connectivity index (χ3n) is 3.34. The quantitative estimate of drug-likeness (QED) is 0.224. The maximum atomic E-state index is 5.74. The normalized spacial score (nSPS) is 14.3. The van der Waals surface area contributed by atoms with Crippen LogP contribution >= 0.6 is 24.8 Å². The van der Waals surface area contributed by atoms with Crippen LogP contribution in [0.3, 0.4) is 0 Å². The van der Waals surface area contributed by atoms with Crippen LogP contribution in [0.15, 0.2) is 35.5 Å². The van der Waals surface area contributed by atoms with Gasteiger partial charge in [0.1, 0.15) is 0 Å². The van der Waals surface area contributed by atoms with Gasteiger partial charge in [0.2, 0.25) is 0 Å². The third-order valence-corrected chi connectivity index (χ3v) is 5.49. The second-order valence-corrected chi connectivity index (χ2v) is 20.5. The van der Waals surface area contributed by atoms with Gasteiger partial charge < -0.3 is 8.85 Å². The average molecular weight is 569 g/mol. The van der Waals surface area contributed by atoms with Crippen molar-refractivity contribution in [3.05, 3.63) is 47.6 Å². The van der Waals surface area contributed by atoms with E-state index in [1.54, 1.807) is 24.2 Å². The summed E-state index contributed by atoms with van der Waals surface area (Å²) in [5.41, 5.74) is 2.63. The molecule has 2 nitrogen and oxygen atoms in total. The molecule has 0 saturated carbocycles. The van der Waals surface area contributed by atoms with E-state index in [9.17, 15) is 0 Å². The van der Waals surface area contributed by atoms with Crippen molar-refractivity contribution >= 4 is 44.7 Å². The summed E-state index contributed by atoms with van der Waals surface area (Å²) in [6, 6.07) is 0. The zero-order valence-corrected chi connectivity index (χ0v) is 26.3. The molecule has 0 heterocycles. The Bertz CT molecular complexity index is 537. The van der Waals surface area contributed by atoms with Gasteiger partial charge in [0, 0.05) is 13.2 Å². The van der Waals surface area contributed by atoms with E-state index in [0.717, 1.165) is 38.9 Å². The van der Waals surface area contributed by atoms with Crippen LogP contribution in [-0.4, -0.2) is 33.1 Å². The number of rotatable bonds is 8. The molecular weight excluding hydrogens is 527 g/mol. The van der Waals surface area contributed by atoms with Crippen molar-refractivity contribution in [1.29, 1.82) is 0 Å². The fourth-order valence-electron chi connectivity index (χ4n) is 2.18. The minimum absolute atomic E-state index is 0. The largest absolute Gasteiger partial charge is 0.417 e. The average Bonchev–Trinajstić information content (AvgIpc) is 3.18. The first-order chi connectivity index (χ1) is 12.9. The van der Waals surface area contributed by atoms with Gasteiger partial charge in [-0.3, -0.25) is 12.2 Å². The summed E-state index contributed by atoms with van der Waals surface area (Å²) in [5, 5.41) is 0. The Kier molecular flexibility index (Phi) is 22.5. The molecule has 0 atom stereocenters.